The lowest BCUT2D eigenvalue weighted by atomic mass is 10.3. The summed E-state index contributed by atoms with van der Waals surface area (Å²) in [6, 6.07) is 30.8. The molecule has 0 aliphatic carbocycles. The minimum atomic E-state index is -0.361. The van der Waals surface area contributed by atoms with Gasteiger partial charge < -0.3 is 20.2 Å². The number of anilines is 2. The zero-order chi connectivity index (χ0) is 58.1. The number of hydrogen-bond donors (Lipinski definition) is 2. The fourth-order valence-corrected chi connectivity index (χ4v) is 7.16. The number of aromatic nitrogens is 14. The van der Waals surface area contributed by atoms with E-state index in [0.29, 0.717) is 11.6 Å². The summed E-state index contributed by atoms with van der Waals surface area (Å²) in [5, 5.41) is 19.3. The van der Waals surface area contributed by atoms with E-state index in [9.17, 15) is 9.59 Å². The molecule has 18 nitrogen and oxygen atoms in total. The fraction of sp³-hybridized carbons (Fsp3) is 0.180. The molecule has 0 bridgehead atoms. The molecule has 10 heterocycles. The van der Waals surface area contributed by atoms with Crippen LogP contribution in [0.25, 0.3) is 11.6 Å². The van der Waals surface area contributed by atoms with E-state index in [4.69, 9.17) is 12.2 Å². The van der Waals surface area contributed by atoms with Crippen molar-refractivity contribution in [2.45, 2.75) is 49.0 Å². The van der Waals surface area contributed by atoms with E-state index in [1.54, 1.807) is 82.8 Å². The number of carbonyl (C=O) groups is 2. The van der Waals surface area contributed by atoms with Crippen LogP contribution in [0.1, 0.15) is 83.4 Å². The Morgan fingerprint density at radius 1 is 0.531 bits per heavy atom. The van der Waals surface area contributed by atoms with Crippen molar-refractivity contribution in [1.82, 2.24) is 68.2 Å². The molecule has 81 heavy (non-hydrogen) atoms. The molecule has 0 fully saturated rings. The minimum absolute atomic E-state index is 0. The minimum Gasteiger partial charge on any atom is -0.382 e. The normalized spacial score (nSPS) is 9.47. The number of aryl methyl sites for hydroxylation is 8. The summed E-state index contributed by atoms with van der Waals surface area (Å²) in [5.41, 5.74) is 16.1. The van der Waals surface area contributed by atoms with Gasteiger partial charge in [-0.25, -0.2) is 0 Å². The van der Waals surface area contributed by atoms with Gasteiger partial charge in [-0.3, -0.25) is 48.3 Å². The van der Waals surface area contributed by atoms with Crippen molar-refractivity contribution in [1.29, 1.82) is 0 Å². The van der Waals surface area contributed by atoms with Gasteiger partial charge in [0.25, 0.3) is 0 Å². The van der Waals surface area contributed by atoms with Crippen LogP contribution >= 0.6 is 27.5 Å². The zero-order valence-electron chi connectivity index (χ0n) is 45.8. The number of nitrogens with one attached hydrogen (secondary N) is 1. The Morgan fingerprint density at radius 2 is 0.889 bits per heavy atom. The van der Waals surface area contributed by atoms with Gasteiger partial charge >= 0.3 is 0 Å². The van der Waals surface area contributed by atoms with E-state index >= 15 is 0 Å². The lowest BCUT2D eigenvalue weighted by Crippen LogP contribution is -2.06. The van der Waals surface area contributed by atoms with Crippen LogP contribution in [0, 0.1) is 75.6 Å². The van der Waals surface area contributed by atoms with Crippen LogP contribution in [0.4, 0.5) is 11.6 Å². The Morgan fingerprint density at radius 3 is 1.22 bits per heavy atom. The first kappa shape index (κ1) is 63.5. The maximum atomic E-state index is 10.9. The second-order valence-electron chi connectivity index (χ2n) is 17.0. The first-order valence-electron chi connectivity index (χ1n) is 24.3. The summed E-state index contributed by atoms with van der Waals surface area (Å²) < 4.78 is 12.1. The van der Waals surface area contributed by atoms with Gasteiger partial charge in [0.05, 0.1) is 0 Å². The zero-order valence-corrected chi connectivity index (χ0v) is 48.2. The third-order valence-electron chi connectivity index (χ3n) is 10.6. The van der Waals surface area contributed by atoms with Crippen molar-refractivity contribution in [3.8, 4) is 59.5 Å². The average Bonchev–Trinajstić information content (AvgIpc) is 4.32. The van der Waals surface area contributed by atoms with Crippen LogP contribution in [0.3, 0.4) is 0 Å². The molecule has 20 heteroatoms. The second-order valence-corrected chi connectivity index (χ2v) is 18.3. The Hall–Kier alpha value is -10.1. The summed E-state index contributed by atoms with van der Waals surface area (Å²) in [7, 11) is 7.41. The monoisotopic (exact) mass is 1160 g/mol. The molecule has 0 spiro atoms. The van der Waals surface area contributed by atoms with E-state index in [2.05, 4.69) is 176 Å². The Balaban J connectivity index is 0.000000218. The van der Waals surface area contributed by atoms with Crippen LogP contribution < -0.4 is 11.1 Å². The molecular weight excluding hydrogens is 1100 g/mol. The van der Waals surface area contributed by atoms with Crippen molar-refractivity contribution in [2.24, 2.45) is 28.2 Å². The van der Waals surface area contributed by atoms with Gasteiger partial charge in [0.15, 0.2) is 17.5 Å². The van der Waals surface area contributed by atoms with Crippen molar-refractivity contribution >= 4 is 50.3 Å². The third kappa shape index (κ3) is 20.7. The van der Waals surface area contributed by atoms with Gasteiger partial charge in [0.1, 0.15) is 27.5 Å². The second kappa shape index (κ2) is 32.0. The van der Waals surface area contributed by atoms with Gasteiger partial charge in [-0.05, 0) is 146 Å². The first-order chi connectivity index (χ1) is 38.3. The largest absolute Gasteiger partial charge is 0.382 e. The van der Waals surface area contributed by atoms with Gasteiger partial charge in [-0.15, -0.1) is 6.42 Å². The smallest absolute Gasteiger partial charge is 0.222 e. The van der Waals surface area contributed by atoms with E-state index in [0.717, 1.165) is 67.0 Å². The van der Waals surface area contributed by atoms with E-state index in [1.165, 1.54) is 25.2 Å². The van der Waals surface area contributed by atoms with Crippen LogP contribution in [0.2, 0.25) is 0 Å². The van der Waals surface area contributed by atoms with Gasteiger partial charge in [-0.1, -0.05) is 31.1 Å². The van der Waals surface area contributed by atoms with Crippen molar-refractivity contribution in [3.63, 3.8) is 0 Å². The number of hydrogen-bond acceptors (Lipinski definition) is 11. The standard InChI is InChI=1S/C17H16N4.C13H12N4O.C11H10N4.C10H12BrN3.C7H5N.C2H3ClO.CH4/c1-13-6-7-14(2)21(13)17-11-16(20(3)19-17)9-8-15-5-4-10-18-12-15;1-10(18)15-13-8-12(17(2)16-13)6-5-11-4-3-7-14-9-11;1-15-10(7-11(12)14-15)5-4-9-3-2-6-13-8-9;1-7-4-5-8(2)14(7)10-6-9(11)13(3)12-10;1-2-7-4-3-5-8-6-7;1-2(3)4;/h4-7,10-12H,1-3H3;3-4,7-9H,1-2H3,(H,15,16,18);2-3,6-8H,1H3,(H2,12,14);4-6H,1-3H3;1,3-6H;1H3;1H4. The molecule has 0 aromatic carbocycles. The average molecular weight is 1170 g/mol. The molecule has 0 atom stereocenters. The topological polar surface area (TPSA) is 205 Å². The molecule has 1 amide bonds. The van der Waals surface area contributed by atoms with Crippen LogP contribution in [0.5, 0.6) is 0 Å². The summed E-state index contributed by atoms with van der Waals surface area (Å²) in [6.07, 6.45) is 18.7. The third-order valence-corrected chi connectivity index (χ3v) is 11.3. The number of halogens is 2. The molecule has 0 saturated carbocycles. The molecule has 412 valence electrons. The summed E-state index contributed by atoms with van der Waals surface area (Å²) in [6.45, 7) is 11.0. The first-order valence-corrected chi connectivity index (χ1v) is 25.4. The van der Waals surface area contributed by atoms with Crippen LogP contribution in [-0.4, -0.2) is 79.3 Å². The predicted octanol–water partition coefficient (Wildman–Crippen LogP) is 9.65. The molecule has 0 saturated heterocycles. The lowest BCUT2D eigenvalue weighted by molar-refractivity contribution is -0.114. The van der Waals surface area contributed by atoms with Crippen molar-refractivity contribution in [2.75, 3.05) is 11.1 Å². The molecule has 3 N–H and O–H groups in total. The molecule has 10 aromatic rings. The molecule has 0 unspecified atom stereocenters. The summed E-state index contributed by atoms with van der Waals surface area (Å²) >= 11 is 8.07. The summed E-state index contributed by atoms with van der Waals surface area (Å²) in [5.74, 6) is 23.3. The molecular formula is C61H62BrClN16O2. The number of nitrogens with two attached hydrogens (primary N) is 1. The van der Waals surface area contributed by atoms with E-state index in [-0.39, 0.29) is 18.6 Å². The highest BCUT2D eigenvalue weighted by atomic mass is 79.9. The maximum absolute atomic E-state index is 10.9. The number of carbonyl (C=O) groups excluding carboxylic acids is 2. The Kier molecular flexibility index (Phi) is 25.1. The molecule has 10 rings (SSSR count). The predicted molar refractivity (Wildman–Crippen MR) is 323 cm³/mol. The van der Waals surface area contributed by atoms with Crippen LogP contribution in [0.15, 0.2) is 151 Å². The number of nitrogen functional groups attached to an aromatic ring is 1. The number of amides is 1. The van der Waals surface area contributed by atoms with E-state index < -0.39 is 0 Å². The lowest BCUT2D eigenvalue weighted by Gasteiger charge is -2.03. The molecule has 0 aliphatic rings. The molecule has 0 aliphatic heterocycles. The maximum Gasteiger partial charge on any atom is 0.222 e. The quantitative estimate of drug-likeness (QED) is 0.126. The number of terminal acetylenes is 1. The number of pyridine rings is 4. The van der Waals surface area contributed by atoms with Gasteiger partial charge in [0, 0.05) is 161 Å². The fourth-order valence-electron chi connectivity index (χ4n) is 6.88. The van der Waals surface area contributed by atoms with Gasteiger partial charge in [0.2, 0.25) is 11.1 Å². The highest BCUT2D eigenvalue weighted by molar-refractivity contribution is 9.10. The van der Waals surface area contributed by atoms with Crippen molar-refractivity contribution in [3.05, 3.63) is 213 Å². The summed E-state index contributed by atoms with van der Waals surface area (Å²) in [4.78, 5) is 35.9. The Bertz CT molecular complexity index is 3810. The van der Waals surface area contributed by atoms with Gasteiger partial charge in [-0.2, -0.15) is 20.4 Å². The van der Waals surface area contributed by atoms with E-state index in [1.807, 2.05) is 86.5 Å². The van der Waals surface area contributed by atoms with Crippen LogP contribution in [-0.2, 0) is 37.8 Å². The number of nitrogens with zero attached hydrogens (tertiary/aromatic N) is 14. The highest BCUT2D eigenvalue weighted by Crippen LogP contribution is 2.19. The SMILES string of the molecule is C.C#Cc1cccnc1.CC(=O)Cl.CC(=O)Nc1cc(C#Cc2cccnc2)n(C)n1.Cc1ccc(C)n1-c1cc(Br)n(C)n1.Cc1ccc(C)n1-c1cc(C#Cc2cccnc2)n(C)n1.Cn1nc(N)cc1C#Cc1cccnc1. The Labute approximate surface area is 486 Å². The molecule has 10 aromatic heterocycles. The molecule has 0 radical (unpaired) electrons. The highest BCUT2D eigenvalue weighted by Gasteiger charge is 2.11. The number of rotatable bonds is 3. The van der Waals surface area contributed by atoms with Crippen molar-refractivity contribution < 1.29 is 9.59 Å².